The molecule has 0 spiro atoms. The molecular formula is C33H42N4O4. The third-order valence-corrected chi connectivity index (χ3v) is 7.11. The summed E-state index contributed by atoms with van der Waals surface area (Å²) in [5.41, 5.74) is 14.5. The molecule has 0 unspecified atom stereocenters. The van der Waals surface area contributed by atoms with E-state index in [0.29, 0.717) is 40.2 Å². The lowest BCUT2D eigenvalue weighted by Crippen LogP contribution is -2.17. The maximum atomic E-state index is 13.1. The Hall–Kier alpha value is -4.33. The van der Waals surface area contributed by atoms with Gasteiger partial charge in [-0.2, -0.15) is 0 Å². The molecule has 0 radical (unpaired) electrons. The molecule has 0 heterocycles. The highest BCUT2D eigenvalue weighted by Gasteiger charge is 2.19. The first-order valence-corrected chi connectivity index (χ1v) is 14.5. The number of nitrogens with two attached hydrogens (primary N) is 2. The average Bonchev–Trinajstić information content (AvgIpc) is 2.95. The van der Waals surface area contributed by atoms with E-state index in [1.807, 2.05) is 0 Å². The molecule has 0 aliphatic rings. The highest BCUT2D eigenvalue weighted by Crippen LogP contribution is 2.29. The normalized spacial score (nSPS) is 10.8. The molecule has 41 heavy (non-hydrogen) atoms. The summed E-state index contributed by atoms with van der Waals surface area (Å²) in [4.78, 5) is 38.3. The fourth-order valence-electron chi connectivity index (χ4n) is 4.77. The lowest BCUT2D eigenvalue weighted by atomic mass is 9.97. The maximum absolute atomic E-state index is 13.1. The predicted molar refractivity (Wildman–Crippen MR) is 167 cm³/mol. The van der Waals surface area contributed by atoms with Crippen molar-refractivity contribution >= 4 is 40.5 Å². The number of rotatable bonds is 16. The van der Waals surface area contributed by atoms with E-state index in [9.17, 15) is 19.5 Å². The lowest BCUT2D eigenvalue weighted by molar-refractivity contribution is 0.0695. The number of carboxylic acid groups (broad SMARTS) is 1. The average molecular weight is 559 g/mol. The zero-order chi connectivity index (χ0) is 29.6. The van der Waals surface area contributed by atoms with Crippen LogP contribution in [0.25, 0.3) is 0 Å². The molecule has 8 heteroatoms. The Morgan fingerprint density at radius 3 is 1.61 bits per heavy atom. The molecule has 0 fully saturated rings. The quantitative estimate of drug-likeness (QED) is 0.0907. The second-order valence-electron chi connectivity index (χ2n) is 10.4. The SMILES string of the molecule is CCCCCCCCCCCCc1c(NC(=O)c2ccc(N)cc2)cc(NC(=O)c2ccc(N)cc2)cc1C(=O)O. The Kier molecular flexibility index (Phi) is 12.2. The fourth-order valence-corrected chi connectivity index (χ4v) is 4.77. The molecule has 0 aromatic heterocycles. The molecule has 0 atom stereocenters. The van der Waals surface area contributed by atoms with E-state index in [-0.39, 0.29) is 11.3 Å². The van der Waals surface area contributed by atoms with E-state index in [2.05, 4.69) is 17.6 Å². The molecule has 2 amide bonds. The van der Waals surface area contributed by atoms with Crippen LogP contribution in [0.4, 0.5) is 22.7 Å². The first kappa shape index (κ1) is 31.2. The maximum Gasteiger partial charge on any atom is 0.336 e. The number of benzene rings is 3. The molecular weight excluding hydrogens is 516 g/mol. The Bertz CT molecular complexity index is 1300. The summed E-state index contributed by atoms with van der Waals surface area (Å²) in [6.45, 7) is 2.22. The van der Waals surface area contributed by atoms with Crippen LogP contribution in [-0.4, -0.2) is 22.9 Å². The van der Waals surface area contributed by atoms with E-state index < -0.39 is 17.8 Å². The van der Waals surface area contributed by atoms with Crippen molar-refractivity contribution < 1.29 is 19.5 Å². The second-order valence-corrected chi connectivity index (χ2v) is 10.4. The molecule has 218 valence electrons. The predicted octanol–water partition coefficient (Wildman–Crippen LogP) is 7.52. The van der Waals surface area contributed by atoms with Gasteiger partial charge in [0.2, 0.25) is 0 Å². The van der Waals surface area contributed by atoms with Crippen molar-refractivity contribution in [2.24, 2.45) is 0 Å². The van der Waals surface area contributed by atoms with Gasteiger partial charge in [0, 0.05) is 33.9 Å². The first-order chi connectivity index (χ1) is 19.8. The highest BCUT2D eigenvalue weighted by molar-refractivity contribution is 6.08. The molecule has 3 rings (SSSR count). The molecule has 8 nitrogen and oxygen atoms in total. The van der Waals surface area contributed by atoms with Gasteiger partial charge in [0.15, 0.2) is 0 Å². The van der Waals surface area contributed by atoms with Crippen LogP contribution in [-0.2, 0) is 6.42 Å². The number of amides is 2. The minimum atomic E-state index is -1.13. The topological polar surface area (TPSA) is 148 Å². The molecule has 0 saturated heterocycles. The van der Waals surface area contributed by atoms with Crippen LogP contribution in [0.5, 0.6) is 0 Å². The van der Waals surface area contributed by atoms with Gasteiger partial charge in [0.05, 0.1) is 5.56 Å². The van der Waals surface area contributed by atoms with Crippen LogP contribution in [0.2, 0.25) is 0 Å². The molecule has 7 N–H and O–H groups in total. The summed E-state index contributed by atoms with van der Waals surface area (Å²) in [5, 5.41) is 15.7. The third kappa shape index (κ3) is 9.98. The minimum absolute atomic E-state index is 0.0450. The number of carboxylic acids is 1. The van der Waals surface area contributed by atoms with E-state index in [0.717, 1.165) is 25.7 Å². The van der Waals surface area contributed by atoms with Crippen molar-refractivity contribution in [3.05, 3.63) is 82.9 Å². The standard InChI is InChI=1S/C33H42N4O4/c1-2-3-4-5-6-7-8-9-10-11-12-28-29(33(40)41)21-27(36-31(38)23-13-17-25(34)18-14-23)22-30(28)37-32(39)24-15-19-26(35)20-16-24/h13-22H,2-12,34-35H2,1H3,(H,36,38)(H,37,39)(H,40,41). The number of carbonyl (C=O) groups is 3. The zero-order valence-corrected chi connectivity index (χ0v) is 23.9. The van der Waals surface area contributed by atoms with Crippen molar-refractivity contribution in [3.8, 4) is 0 Å². The Morgan fingerprint density at radius 2 is 1.12 bits per heavy atom. The smallest absolute Gasteiger partial charge is 0.336 e. The Morgan fingerprint density at radius 1 is 0.659 bits per heavy atom. The van der Waals surface area contributed by atoms with Gasteiger partial charge in [-0.05, 0) is 79.1 Å². The number of carbonyl (C=O) groups excluding carboxylic acids is 2. The monoisotopic (exact) mass is 558 g/mol. The van der Waals surface area contributed by atoms with Crippen LogP contribution < -0.4 is 22.1 Å². The number of anilines is 4. The van der Waals surface area contributed by atoms with Gasteiger partial charge in [-0.1, -0.05) is 64.7 Å². The fraction of sp³-hybridized carbons (Fsp3) is 0.364. The summed E-state index contributed by atoms with van der Waals surface area (Å²) >= 11 is 0. The number of nitrogens with one attached hydrogen (secondary N) is 2. The molecule has 3 aromatic rings. The van der Waals surface area contributed by atoms with Crippen molar-refractivity contribution in [1.29, 1.82) is 0 Å². The van der Waals surface area contributed by atoms with E-state index in [4.69, 9.17) is 11.5 Å². The summed E-state index contributed by atoms with van der Waals surface area (Å²) in [7, 11) is 0. The Balaban J connectivity index is 1.77. The molecule has 0 bridgehead atoms. The van der Waals surface area contributed by atoms with E-state index in [1.54, 1.807) is 54.6 Å². The van der Waals surface area contributed by atoms with Gasteiger partial charge < -0.3 is 27.2 Å². The Labute approximate surface area is 242 Å². The van der Waals surface area contributed by atoms with Gasteiger partial charge in [0.25, 0.3) is 11.8 Å². The number of aromatic carboxylic acids is 1. The minimum Gasteiger partial charge on any atom is -0.478 e. The summed E-state index contributed by atoms with van der Waals surface area (Å²) < 4.78 is 0. The van der Waals surface area contributed by atoms with E-state index in [1.165, 1.54) is 44.6 Å². The lowest BCUT2D eigenvalue weighted by Gasteiger charge is -2.17. The molecule has 0 saturated carbocycles. The van der Waals surface area contributed by atoms with Crippen LogP contribution in [0.3, 0.4) is 0 Å². The number of nitrogen functional groups attached to an aromatic ring is 2. The zero-order valence-electron chi connectivity index (χ0n) is 23.9. The van der Waals surface area contributed by atoms with Crippen molar-refractivity contribution in [1.82, 2.24) is 0 Å². The number of hydrogen-bond acceptors (Lipinski definition) is 5. The van der Waals surface area contributed by atoms with Crippen molar-refractivity contribution in [2.45, 2.75) is 77.6 Å². The highest BCUT2D eigenvalue weighted by atomic mass is 16.4. The van der Waals surface area contributed by atoms with Gasteiger partial charge >= 0.3 is 5.97 Å². The first-order valence-electron chi connectivity index (χ1n) is 14.5. The van der Waals surface area contributed by atoms with Crippen molar-refractivity contribution in [3.63, 3.8) is 0 Å². The van der Waals surface area contributed by atoms with Crippen LogP contribution >= 0.6 is 0 Å². The van der Waals surface area contributed by atoms with Crippen LogP contribution in [0.1, 0.15) is 108 Å². The number of hydrogen-bond donors (Lipinski definition) is 5. The summed E-state index contributed by atoms with van der Waals surface area (Å²) in [6, 6.07) is 16.0. The summed E-state index contributed by atoms with van der Waals surface area (Å²) in [6.07, 6.45) is 12.1. The van der Waals surface area contributed by atoms with Gasteiger partial charge in [-0.3, -0.25) is 9.59 Å². The summed E-state index contributed by atoms with van der Waals surface area (Å²) in [5.74, 6) is -1.94. The number of unbranched alkanes of at least 4 members (excludes halogenated alkanes) is 9. The van der Waals surface area contributed by atoms with Crippen molar-refractivity contribution in [2.75, 3.05) is 22.1 Å². The second kappa shape index (κ2) is 16.1. The van der Waals surface area contributed by atoms with Gasteiger partial charge in [0.1, 0.15) is 0 Å². The van der Waals surface area contributed by atoms with Gasteiger partial charge in [-0.15, -0.1) is 0 Å². The van der Waals surface area contributed by atoms with Gasteiger partial charge in [-0.25, -0.2) is 4.79 Å². The third-order valence-electron chi connectivity index (χ3n) is 7.11. The molecule has 3 aromatic carbocycles. The van der Waals surface area contributed by atoms with Crippen LogP contribution in [0, 0.1) is 0 Å². The molecule has 0 aliphatic carbocycles. The molecule has 0 aliphatic heterocycles. The largest absolute Gasteiger partial charge is 0.478 e. The van der Waals surface area contributed by atoms with E-state index >= 15 is 0 Å². The van der Waals surface area contributed by atoms with Crippen LogP contribution in [0.15, 0.2) is 60.7 Å².